The molecule has 25 heavy (non-hydrogen) atoms. The van der Waals surface area contributed by atoms with Gasteiger partial charge in [0.1, 0.15) is 6.61 Å². The average Bonchev–Trinajstić information content (AvgIpc) is 2.61. The lowest BCUT2D eigenvalue weighted by Crippen LogP contribution is -2.17. The van der Waals surface area contributed by atoms with E-state index in [1.807, 2.05) is 31.2 Å². The monoisotopic (exact) mass is 347 g/mol. The summed E-state index contributed by atoms with van der Waals surface area (Å²) in [5, 5.41) is 2.27. The molecule has 0 atom stereocenters. The van der Waals surface area contributed by atoms with E-state index in [1.54, 1.807) is 0 Å². The van der Waals surface area contributed by atoms with E-state index in [0.29, 0.717) is 0 Å². The van der Waals surface area contributed by atoms with Crippen LogP contribution in [0.2, 0.25) is 0 Å². The van der Waals surface area contributed by atoms with Crippen molar-refractivity contribution in [2.24, 2.45) is 0 Å². The van der Waals surface area contributed by atoms with E-state index in [-0.39, 0.29) is 25.0 Å². The standard InChI is InChI=1S/C18H22FN3O3/c1-3-4-5-10-24-18(23)22-16-15(19)11-20-17(21-16)25-12-14-8-6-13(2)7-9-14/h6-9,11H,3-5,10,12H2,1-2H3,(H,20,21,22,23). The van der Waals surface area contributed by atoms with Crippen molar-refractivity contribution >= 4 is 11.9 Å². The first-order chi connectivity index (χ1) is 12.1. The molecule has 1 aromatic carbocycles. The summed E-state index contributed by atoms with van der Waals surface area (Å²) in [6.07, 6.45) is 2.95. The summed E-state index contributed by atoms with van der Waals surface area (Å²) >= 11 is 0. The highest BCUT2D eigenvalue weighted by atomic mass is 19.1. The van der Waals surface area contributed by atoms with E-state index in [2.05, 4.69) is 22.2 Å². The Bertz CT molecular complexity index is 692. The molecule has 6 nitrogen and oxygen atoms in total. The molecule has 0 unspecified atom stereocenters. The number of unbranched alkanes of at least 4 members (excludes halogenated alkanes) is 2. The maximum Gasteiger partial charge on any atom is 0.412 e. The molecule has 1 heterocycles. The predicted octanol–water partition coefficient (Wildman–Crippen LogP) is 4.24. The highest BCUT2D eigenvalue weighted by molar-refractivity contribution is 5.83. The Balaban J connectivity index is 1.90. The maximum atomic E-state index is 13.7. The van der Waals surface area contributed by atoms with Crippen LogP contribution in [0.1, 0.15) is 37.3 Å². The number of benzene rings is 1. The third kappa shape index (κ3) is 6.37. The van der Waals surface area contributed by atoms with Crippen molar-refractivity contribution in [1.82, 2.24) is 9.97 Å². The van der Waals surface area contributed by atoms with E-state index >= 15 is 0 Å². The van der Waals surface area contributed by atoms with Gasteiger partial charge in [-0.25, -0.2) is 14.2 Å². The largest absolute Gasteiger partial charge is 0.459 e. The van der Waals surface area contributed by atoms with Gasteiger partial charge in [0.2, 0.25) is 0 Å². The van der Waals surface area contributed by atoms with E-state index in [1.165, 1.54) is 0 Å². The quantitative estimate of drug-likeness (QED) is 0.723. The van der Waals surface area contributed by atoms with Gasteiger partial charge < -0.3 is 9.47 Å². The number of carbonyl (C=O) groups is 1. The van der Waals surface area contributed by atoms with Crippen LogP contribution in [0, 0.1) is 12.7 Å². The topological polar surface area (TPSA) is 73.3 Å². The number of rotatable bonds is 8. The number of amides is 1. The van der Waals surface area contributed by atoms with Crippen LogP contribution in [0.25, 0.3) is 0 Å². The average molecular weight is 347 g/mol. The zero-order valence-corrected chi connectivity index (χ0v) is 14.4. The van der Waals surface area contributed by atoms with Gasteiger partial charge in [0, 0.05) is 0 Å². The van der Waals surface area contributed by atoms with Crippen molar-refractivity contribution in [3.8, 4) is 6.01 Å². The Morgan fingerprint density at radius 1 is 1.24 bits per heavy atom. The molecular formula is C18H22FN3O3. The van der Waals surface area contributed by atoms with Gasteiger partial charge in [-0.1, -0.05) is 49.6 Å². The third-order valence-corrected chi connectivity index (χ3v) is 3.41. The van der Waals surface area contributed by atoms with Gasteiger partial charge in [-0.3, -0.25) is 5.32 Å². The van der Waals surface area contributed by atoms with Gasteiger partial charge in [0.25, 0.3) is 0 Å². The number of ether oxygens (including phenoxy) is 2. The van der Waals surface area contributed by atoms with E-state index in [4.69, 9.17) is 9.47 Å². The van der Waals surface area contributed by atoms with E-state index < -0.39 is 11.9 Å². The minimum atomic E-state index is -0.756. The number of aromatic nitrogens is 2. The lowest BCUT2D eigenvalue weighted by Gasteiger charge is -2.09. The number of nitrogens with one attached hydrogen (secondary N) is 1. The Morgan fingerprint density at radius 3 is 2.72 bits per heavy atom. The number of anilines is 1. The summed E-state index contributed by atoms with van der Waals surface area (Å²) in [6, 6.07) is 7.75. The van der Waals surface area contributed by atoms with Gasteiger partial charge in [-0.05, 0) is 18.9 Å². The smallest absolute Gasteiger partial charge is 0.412 e. The minimum Gasteiger partial charge on any atom is -0.459 e. The van der Waals surface area contributed by atoms with Crippen molar-refractivity contribution < 1.29 is 18.7 Å². The van der Waals surface area contributed by atoms with Crippen LogP contribution in [0.5, 0.6) is 6.01 Å². The number of nitrogens with zero attached hydrogens (tertiary/aromatic N) is 2. The SMILES string of the molecule is CCCCCOC(=O)Nc1nc(OCc2ccc(C)cc2)ncc1F. The molecule has 0 saturated carbocycles. The van der Waals surface area contributed by atoms with Crippen molar-refractivity contribution in [2.75, 3.05) is 11.9 Å². The minimum absolute atomic E-state index is 0.0248. The molecular weight excluding hydrogens is 325 g/mol. The second-order valence-electron chi connectivity index (χ2n) is 5.59. The second kappa shape index (κ2) is 9.56. The van der Waals surface area contributed by atoms with Crippen LogP contribution in [0.15, 0.2) is 30.5 Å². The van der Waals surface area contributed by atoms with Gasteiger partial charge in [0.05, 0.1) is 12.8 Å². The Morgan fingerprint density at radius 2 is 2.00 bits per heavy atom. The Labute approximate surface area is 146 Å². The first kappa shape index (κ1) is 18.6. The second-order valence-corrected chi connectivity index (χ2v) is 5.59. The summed E-state index contributed by atoms with van der Waals surface area (Å²) in [6.45, 7) is 4.57. The summed E-state index contributed by atoms with van der Waals surface area (Å²) in [4.78, 5) is 19.3. The molecule has 2 rings (SSSR count). The first-order valence-corrected chi connectivity index (χ1v) is 8.23. The number of carbonyl (C=O) groups excluding carboxylic acids is 1. The zero-order chi connectivity index (χ0) is 18.1. The molecule has 0 fully saturated rings. The number of halogens is 1. The zero-order valence-electron chi connectivity index (χ0n) is 14.4. The van der Waals surface area contributed by atoms with E-state index in [0.717, 1.165) is 36.6 Å². The normalized spacial score (nSPS) is 10.4. The molecule has 134 valence electrons. The molecule has 0 bridgehead atoms. The van der Waals surface area contributed by atoms with Crippen molar-refractivity contribution in [2.45, 2.75) is 39.7 Å². The molecule has 1 N–H and O–H groups in total. The highest BCUT2D eigenvalue weighted by Gasteiger charge is 2.12. The Hall–Kier alpha value is -2.70. The number of hydrogen-bond acceptors (Lipinski definition) is 5. The van der Waals surface area contributed by atoms with Crippen LogP contribution in [-0.4, -0.2) is 22.7 Å². The van der Waals surface area contributed by atoms with Crippen LogP contribution in [0.3, 0.4) is 0 Å². The van der Waals surface area contributed by atoms with Crippen molar-refractivity contribution in [3.05, 3.63) is 47.4 Å². The van der Waals surface area contributed by atoms with Crippen LogP contribution < -0.4 is 10.1 Å². The predicted molar refractivity (Wildman–Crippen MR) is 92.0 cm³/mol. The van der Waals surface area contributed by atoms with Gasteiger partial charge in [-0.2, -0.15) is 4.98 Å². The van der Waals surface area contributed by atoms with Gasteiger partial charge >= 0.3 is 12.1 Å². The van der Waals surface area contributed by atoms with Crippen molar-refractivity contribution in [1.29, 1.82) is 0 Å². The highest BCUT2D eigenvalue weighted by Crippen LogP contribution is 2.15. The van der Waals surface area contributed by atoms with Gasteiger partial charge in [0.15, 0.2) is 11.6 Å². The molecule has 1 aromatic heterocycles. The Kier molecular flexibility index (Phi) is 7.13. The lowest BCUT2D eigenvalue weighted by atomic mass is 10.2. The fourth-order valence-electron chi connectivity index (χ4n) is 1.99. The van der Waals surface area contributed by atoms with Crippen LogP contribution in [-0.2, 0) is 11.3 Å². The third-order valence-electron chi connectivity index (χ3n) is 3.41. The van der Waals surface area contributed by atoms with Crippen molar-refractivity contribution in [3.63, 3.8) is 0 Å². The van der Waals surface area contributed by atoms with Gasteiger partial charge in [-0.15, -0.1) is 0 Å². The van der Waals surface area contributed by atoms with Crippen LogP contribution >= 0.6 is 0 Å². The lowest BCUT2D eigenvalue weighted by molar-refractivity contribution is 0.159. The summed E-state index contributed by atoms with van der Waals surface area (Å²) < 4.78 is 24.1. The summed E-state index contributed by atoms with van der Waals surface area (Å²) in [7, 11) is 0. The molecule has 0 saturated heterocycles. The summed E-state index contributed by atoms with van der Waals surface area (Å²) in [5.41, 5.74) is 2.08. The fraction of sp³-hybridized carbons (Fsp3) is 0.389. The molecule has 0 aliphatic carbocycles. The first-order valence-electron chi connectivity index (χ1n) is 8.23. The molecule has 0 aliphatic rings. The van der Waals surface area contributed by atoms with Crippen LogP contribution in [0.4, 0.5) is 15.0 Å². The fourth-order valence-corrected chi connectivity index (χ4v) is 1.99. The molecule has 7 heteroatoms. The maximum absolute atomic E-state index is 13.7. The molecule has 0 radical (unpaired) electrons. The molecule has 0 spiro atoms. The number of hydrogen-bond donors (Lipinski definition) is 1. The number of aryl methyl sites for hydroxylation is 1. The van der Waals surface area contributed by atoms with E-state index in [9.17, 15) is 9.18 Å². The molecule has 2 aromatic rings. The molecule has 1 amide bonds. The molecule has 0 aliphatic heterocycles. The summed E-state index contributed by atoms with van der Waals surface area (Å²) in [5.74, 6) is -1.03.